The first-order valence-corrected chi connectivity index (χ1v) is 10.2. The Bertz CT molecular complexity index is 1380. The molecule has 4 heterocycles. The van der Waals surface area contributed by atoms with Gasteiger partial charge in [-0.3, -0.25) is 9.36 Å². The number of hydrogen-bond acceptors (Lipinski definition) is 4. The fourth-order valence-corrected chi connectivity index (χ4v) is 4.90. The molecule has 0 saturated heterocycles. The van der Waals surface area contributed by atoms with Crippen molar-refractivity contribution >= 4 is 22.6 Å². The molecule has 6 heteroatoms. The highest BCUT2D eigenvalue weighted by Gasteiger charge is 2.53. The van der Waals surface area contributed by atoms with Crippen molar-refractivity contribution in [3.8, 4) is 17.2 Å². The highest BCUT2D eigenvalue weighted by atomic mass is 35.5. The molecule has 6 rings (SSSR count). The first kappa shape index (κ1) is 17.5. The number of nitrogens with zero attached hydrogens (tertiary/aromatic N) is 2. The van der Waals surface area contributed by atoms with Gasteiger partial charge in [0.2, 0.25) is 0 Å². The van der Waals surface area contributed by atoms with Crippen LogP contribution in [0.15, 0.2) is 71.7 Å². The zero-order valence-electron chi connectivity index (χ0n) is 16.1. The van der Waals surface area contributed by atoms with Gasteiger partial charge in [0.1, 0.15) is 17.1 Å². The largest absolute Gasteiger partial charge is 0.491 e. The lowest BCUT2D eigenvalue weighted by atomic mass is 9.79. The molecule has 2 aliphatic heterocycles. The summed E-state index contributed by atoms with van der Waals surface area (Å²) in [5.74, 6) is 1.15. The molecule has 0 bridgehead atoms. The Morgan fingerprint density at radius 3 is 2.80 bits per heavy atom. The van der Waals surface area contributed by atoms with Crippen LogP contribution in [0.3, 0.4) is 0 Å². The highest BCUT2D eigenvalue weighted by Crippen LogP contribution is 2.55. The molecule has 2 aromatic carbocycles. The van der Waals surface area contributed by atoms with Crippen LogP contribution in [0.25, 0.3) is 16.7 Å². The van der Waals surface area contributed by atoms with Crippen LogP contribution in [-0.4, -0.2) is 16.2 Å². The Morgan fingerprint density at radius 1 is 1.13 bits per heavy atom. The number of benzene rings is 2. The smallest absolute Gasteiger partial charge is 0.267 e. The van der Waals surface area contributed by atoms with Gasteiger partial charge in [0.25, 0.3) is 5.56 Å². The molecule has 0 unspecified atom stereocenters. The standard InChI is InChI=1S/C24H17ClN2O3/c1-24-18(17-12-14(25)9-10-19(17)30-24)13-29-21-16-8-5-11-26-22(16)27(23(28)20(21)24)15-6-3-2-4-7-15/h2-12,18H,13H2,1H3/t18-,24+/m1/s1. The summed E-state index contributed by atoms with van der Waals surface area (Å²) in [5, 5.41) is 1.42. The first-order valence-electron chi connectivity index (χ1n) is 9.79. The van der Waals surface area contributed by atoms with E-state index in [1.165, 1.54) is 0 Å². The van der Waals surface area contributed by atoms with Gasteiger partial charge < -0.3 is 9.47 Å². The van der Waals surface area contributed by atoms with Gasteiger partial charge in [0, 0.05) is 16.8 Å². The minimum atomic E-state index is -0.863. The van der Waals surface area contributed by atoms with E-state index in [9.17, 15) is 4.79 Å². The van der Waals surface area contributed by atoms with E-state index in [1.807, 2.05) is 61.5 Å². The molecule has 148 valence electrons. The molecule has 0 fully saturated rings. The second-order valence-electron chi connectivity index (χ2n) is 7.81. The number of halogens is 1. The normalized spacial score (nSPS) is 21.3. The molecule has 2 aliphatic rings. The number of aromatic nitrogens is 2. The van der Waals surface area contributed by atoms with E-state index < -0.39 is 5.60 Å². The lowest BCUT2D eigenvalue weighted by Crippen LogP contribution is -2.45. The second kappa shape index (κ2) is 6.09. The molecular formula is C24H17ClN2O3. The molecule has 0 N–H and O–H groups in total. The van der Waals surface area contributed by atoms with Crippen molar-refractivity contribution in [3.63, 3.8) is 0 Å². The molecule has 5 nitrogen and oxygen atoms in total. The van der Waals surface area contributed by atoms with Crippen LogP contribution in [0.1, 0.15) is 24.0 Å². The van der Waals surface area contributed by atoms with Crippen molar-refractivity contribution in [2.24, 2.45) is 0 Å². The maximum atomic E-state index is 13.9. The van der Waals surface area contributed by atoms with Crippen LogP contribution in [-0.2, 0) is 5.60 Å². The number of rotatable bonds is 1. The molecule has 4 aromatic rings. The summed E-state index contributed by atoms with van der Waals surface area (Å²) >= 11 is 6.24. The van der Waals surface area contributed by atoms with E-state index in [-0.39, 0.29) is 11.5 Å². The van der Waals surface area contributed by atoms with Crippen molar-refractivity contribution in [2.45, 2.75) is 18.4 Å². The molecule has 30 heavy (non-hydrogen) atoms. The van der Waals surface area contributed by atoms with Gasteiger partial charge in [0.05, 0.1) is 23.6 Å². The predicted molar refractivity (Wildman–Crippen MR) is 115 cm³/mol. The van der Waals surface area contributed by atoms with Crippen LogP contribution in [0, 0.1) is 0 Å². The van der Waals surface area contributed by atoms with E-state index in [2.05, 4.69) is 4.98 Å². The topological polar surface area (TPSA) is 53.4 Å². The van der Waals surface area contributed by atoms with E-state index in [1.54, 1.807) is 16.8 Å². The third-order valence-corrected chi connectivity index (χ3v) is 6.36. The number of fused-ring (bicyclic) bond motifs is 7. The van der Waals surface area contributed by atoms with Crippen molar-refractivity contribution < 1.29 is 9.47 Å². The van der Waals surface area contributed by atoms with Gasteiger partial charge in [-0.2, -0.15) is 0 Å². The quantitative estimate of drug-likeness (QED) is 0.446. The number of para-hydroxylation sites is 1. The van der Waals surface area contributed by atoms with Crippen molar-refractivity contribution in [2.75, 3.05) is 6.61 Å². The Labute approximate surface area is 177 Å². The number of hydrogen-bond donors (Lipinski definition) is 0. The fourth-order valence-electron chi connectivity index (χ4n) is 4.72. The predicted octanol–water partition coefficient (Wildman–Crippen LogP) is 4.82. The summed E-state index contributed by atoms with van der Waals surface area (Å²) in [7, 11) is 0. The van der Waals surface area contributed by atoms with E-state index in [0.29, 0.717) is 28.6 Å². The summed E-state index contributed by atoms with van der Waals surface area (Å²) in [6.45, 7) is 2.36. The number of pyridine rings is 2. The van der Waals surface area contributed by atoms with Crippen LogP contribution in [0.5, 0.6) is 11.5 Å². The van der Waals surface area contributed by atoms with Gasteiger partial charge in [-0.05, 0) is 49.4 Å². The van der Waals surface area contributed by atoms with Crippen LogP contribution in [0.2, 0.25) is 5.02 Å². The third-order valence-electron chi connectivity index (χ3n) is 6.13. The maximum absolute atomic E-state index is 13.9. The zero-order valence-corrected chi connectivity index (χ0v) is 16.9. The molecular weight excluding hydrogens is 400 g/mol. The molecule has 0 spiro atoms. The van der Waals surface area contributed by atoms with Gasteiger partial charge in [-0.25, -0.2) is 4.98 Å². The first-order chi connectivity index (χ1) is 14.6. The lowest BCUT2D eigenvalue weighted by molar-refractivity contribution is 0.0424. The maximum Gasteiger partial charge on any atom is 0.267 e. The van der Waals surface area contributed by atoms with E-state index in [0.717, 1.165) is 22.4 Å². The zero-order chi connectivity index (χ0) is 20.5. The van der Waals surface area contributed by atoms with Crippen molar-refractivity contribution in [1.29, 1.82) is 0 Å². The monoisotopic (exact) mass is 416 g/mol. The average Bonchev–Trinajstić information content (AvgIpc) is 3.05. The van der Waals surface area contributed by atoms with Crippen LogP contribution >= 0.6 is 11.6 Å². The molecule has 0 saturated carbocycles. The molecule has 0 radical (unpaired) electrons. The molecule has 2 atom stereocenters. The van der Waals surface area contributed by atoms with Crippen LogP contribution < -0.4 is 15.0 Å². The summed E-state index contributed by atoms with van der Waals surface area (Å²) in [6.07, 6.45) is 1.69. The van der Waals surface area contributed by atoms with E-state index >= 15 is 0 Å². The molecule has 0 amide bonds. The van der Waals surface area contributed by atoms with E-state index in [4.69, 9.17) is 21.1 Å². The Hall–Kier alpha value is -3.31. The third kappa shape index (κ3) is 2.24. The van der Waals surface area contributed by atoms with Crippen molar-refractivity contribution in [3.05, 3.63) is 93.4 Å². The molecule has 2 aromatic heterocycles. The molecule has 0 aliphatic carbocycles. The lowest BCUT2D eigenvalue weighted by Gasteiger charge is -2.37. The fraction of sp³-hybridized carbons (Fsp3) is 0.167. The Morgan fingerprint density at radius 2 is 1.97 bits per heavy atom. The Kier molecular flexibility index (Phi) is 3.56. The summed E-state index contributed by atoms with van der Waals surface area (Å²) in [6, 6.07) is 18.9. The number of ether oxygens (including phenoxy) is 2. The van der Waals surface area contributed by atoms with Gasteiger partial charge in [-0.15, -0.1) is 0 Å². The average molecular weight is 417 g/mol. The van der Waals surface area contributed by atoms with Crippen molar-refractivity contribution in [1.82, 2.24) is 9.55 Å². The van der Waals surface area contributed by atoms with Gasteiger partial charge >= 0.3 is 0 Å². The minimum Gasteiger partial charge on any atom is -0.491 e. The Balaban J connectivity index is 1.70. The summed E-state index contributed by atoms with van der Waals surface area (Å²) < 4.78 is 14.3. The SMILES string of the molecule is C[C@]12Oc3ccc(Cl)cc3[C@H]1COc1c2c(=O)n(-c2ccccc2)c2ncccc12. The summed E-state index contributed by atoms with van der Waals surface area (Å²) in [4.78, 5) is 18.4. The highest BCUT2D eigenvalue weighted by molar-refractivity contribution is 6.30. The van der Waals surface area contributed by atoms with Gasteiger partial charge in [0.15, 0.2) is 11.2 Å². The summed E-state index contributed by atoms with van der Waals surface area (Å²) in [5.41, 5.74) is 1.74. The van der Waals surface area contributed by atoms with Crippen LogP contribution in [0.4, 0.5) is 0 Å². The second-order valence-corrected chi connectivity index (χ2v) is 8.25. The van der Waals surface area contributed by atoms with Gasteiger partial charge in [-0.1, -0.05) is 29.8 Å². The minimum absolute atomic E-state index is 0.134.